The molecule has 0 radical (unpaired) electrons. The predicted octanol–water partition coefficient (Wildman–Crippen LogP) is 3.28. The van der Waals surface area contributed by atoms with Gasteiger partial charge in [-0.15, -0.1) is 12.4 Å². The first-order valence-corrected chi connectivity index (χ1v) is 8.13. The van der Waals surface area contributed by atoms with Crippen LogP contribution in [0.25, 0.3) is 11.3 Å². The Kier molecular flexibility index (Phi) is 8.50. The second-order valence-corrected chi connectivity index (χ2v) is 5.80. The molecule has 5 nitrogen and oxygen atoms in total. The summed E-state index contributed by atoms with van der Waals surface area (Å²) in [7, 11) is 1.80. The first kappa shape index (κ1) is 20.2. The SMILES string of the molecule is CCCC(N)C(=O)N(C)CCCc1cc(-c2ccccc2)no1.Cl. The first-order chi connectivity index (χ1) is 11.1. The van der Waals surface area contributed by atoms with Crippen LogP contribution in [0.4, 0.5) is 0 Å². The molecule has 24 heavy (non-hydrogen) atoms. The van der Waals surface area contributed by atoms with Crippen LogP contribution >= 0.6 is 12.4 Å². The molecular weight excluding hydrogens is 326 g/mol. The molecule has 2 rings (SSSR count). The molecule has 1 aromatic carbocycles. The number of halogens is 1. The molecule has 1 amide bonds. The average molecular weight is 352 g/mol. The van der Waals surface area contributed by atoms with Gasteiger partial charge in [0.1, 0.15) is 11.5 Å². The minimum atomic E-state index is -0.389. The molecule has 2 N–H and O–H groups in total. The van der Waals surface area contributed by atoms with Crippen molar-refractivity contribution >= 4 is 18.3 Å². The topological polar surface area (TPSA) is 72.4 Å². The zero-order valence-electron chi connectivity index (χ0n) is 14.3. The summed E-state index contributed by atoms with van der Waals surface area (Å²) in [6.07, 6.45) is 3.22. The smallest absolute Gasteiger partial charge is 0.239 e. The van der Waals surface area contributed by atoms with Crippen LogP contribution in [0.15, 0.2) is 40.9 Å². The van der Waals surface area contributed by atoms with E-state index in [1.807, 2.05) is 43.3 Å². The van der Waals surface area contributed by atoms with Crippen LogP contribution < -0.4 is 5.73 Å². The van der Waals surface area contributed by atoms with E-state index in [0.29, 0.717) is 6.54 Å². The number of aryl methyl sites for hydroxylation is 1. The molecule has 6 heteroatoms. The van der Waals surface area contributed by atoms with E-state index in [4.69, 9.17) is 10.3 Å². The Morgan fingerprint density at radius 3 is 2.71 bits per heavy atom. The number of carbonyl (C=O) groups is 1. The fraction of sp³-hybridized carbons (Fsp3) is 0.444. The van der Waals surface area contributed by atoms with E-state index >= 15 is 0 Å². The summed E-state index contributed by atoms with van der Waals surface area (Å²) in [5.74, 6) is 0.844. The normalized spacial score (nSPS) is 11.6. The van der Waals surface area contributed by atoms with Gasteiger partial charge >= 0.3 is 0 Å². The number of likely N-dealkylation sites (N-methyl/N-ethyl adjacent to an activating group) is 1. The van der Waals surface area contributed by atoms with Crippen molar-refractivity contribution in [2.75, 3.05) is 13.6 Å². The molecule has 0 aliphatic carbocycles. The largest absolute Gasteiger partial charge is 0.361 e. The van der Waals surface area contributed by atoms with Crippen LogP contribution in [0.2, 0.25) is 0 Å². The third-order valence-electron chi connectivity index (χ3n) is 3.84. The molecule has 2 aromatic rings. The van der Waals surface area contributed by atoms with Gasteiger partial charge in [0.25, 0.3) is 0 Å². The molecule has 0 aliphatic heterocycles. The Hall–Kier alpha value is -1.85. The lowest BCUT2D eigenvalue weighted by Gasteiger charge is -2.20. The Bertz CT molecular complexity index is 616. The van der Waals surface area contributed by atoms with Crippen molar-refractivity contribution in [2.24, 2.45) is 5.73 Å². The van der Waals surface area contributed by atoms with E-state index in [9.17, 15) is 4.79 Å². The molecule has 1 atom stereocenters. The van der Waals surface area contributed by atoms with E-state index in [-0.39, 0.29) is 24.4 Å². The highest BCUT2D eigenvalue weighted by Crippen LogP contribution is 2.19. The van der Waals surface area contributed by atoms with Crippen molar-refractivity contribution < 1.29 is 9.32 Å². The van der Waals surface area contributed by atoms with Crippen LogP contribution in [-0.2, 0) is 11.2 Å². The van der Waals surface area contributed by atoms with Gasteiger partial charge in [0.15, 0.2) is 0 Å². The van der Waals surface area contributed by atoms with Gasteiger partial charge in [0.2, 0.25) is 5.91 Å². The number of hydrogen-bond donors (Lipinski definition) is 1. The van der Waals surface area contributed by atoms with E-state index < -0.39 is 0 Å². The van der Waals surface area contributed by atoms with E-state index in [1.54, 1.807) is 11.9 Å². The van der Waals surface area contributed by atoms with Crippen molar-refractivity contribution in [1.82, 2.24) is 10.1 Å². The summed E-state index contributed by atoms with van der Waals surface area (Å²) < 4.78 is 5.37. The Morgan fingerprint density at radius 1 is 1.33 bits per heavy atom. The number of nitrogens with zero attached hydrogens (tertiary/aromatic N) is 2. The second kappa shape index (κ2) is 10.1. The fourth-order valence-corrected chi connectivity index (χ4v) is 2.49. The van der Waals surface area contributed by atoms with E-state index in [0.717, 1.165) is 42.7 Å². The van der Waals surface area contributed by atoms with Gasteiger partial charge in [0.05, 0.1) is 6.04 Å². The highest BCUT2D eigenvalue weighted by Gasteiger charge is 2.16. The molecule has 132 valence electrons. The van der Waals surface area contributed by atoms with Gasteiger partial charge in [-0.05, 0) is 12.8 Å². The lowest BCUT2D eigenvalue weighted by atomic mass is 10.1. The number of benzene rings is 1. The number of hydrogen-bond acceptors (Lipinski definition) is 4. The molecule has 1 aromatic heterocycles. The molecule has 0 aliphatic rings. The number of amides is 1. The molecule has 0 saturated heterocycles. The van der Waals surface area contributed by atoms with Crippen LogP contribution in [0, 0.1) is 0 Å². The van der Waals surface area contributed by atoms with Crippen molar-refractivity contribution in [3.05, 3.63) is 42.2 Å². The zero-order valence-corrected chi connectivity index (χ0v) is 15.1. The van der Waals surface area contributed by atoms with Crippen LogP contribution in [0.1, 0.15) is 31.9 Å². The molecule has 1 heterocycles. The van der Waals surface area contributed by atoms with Gasteiger partial charge in [-0.1, -0.05) is 48.8 Å². The van der Waals surface area contributed by atoms with Gasteiger partial charge in [-0.25, -0.2) is 0 Å². The molecule has 0 bridgehead atoms. The summed E-state index contributed by atoms with van der Waals surface area (Å²) in [6, 6.07) is 11.5. The Morgan fingerprint density at radius 2 is 2.04 bits per heavy atom. The maximum Gasteiger partial charge on any atom is 0.239 e. The summed E-state index contributed by atoms with van der Waals surface area (Å²) in [5, 5.41) is 4.10. The number of carbonyl (C=O) groups excluding carboxylic acids is 1. The Labute approximate surface area is 149 Å². The van der Waals surface area contributed by atoms with Crippen molar-refractivity contribution in [3.8, 4) is 11.3 Å². The molecule has 0 fully saturated rings. The lowest BCUT2D eigenvalue weighted by molar-refractivity contribution is -0.131. The number of aromatic nitrogens is 1. The standard InChI is InChI=1S/C18H25N3O2.ClH/c1-3-8-16(19)18(22)21(2)12-7-11-15-13-17(20-23-15)14-9-5-4-6-10-14;/h4-6,9-10,13,16H,3,7-8,11-12,19H2,1-2H3;1H. The zero-order chi connectivity index (χ0) is 16.7. The highest BCUT2D eigenvalue weighted by atomic mass is 35.5. The van der Waals surface area contributed by atoms with Gasteiger partial charge in [0, 0.05) is 31.6 Å². The lowest BCUT2D eigenvalue weighted by Crippen LogP contribution is -2.42. The van der Waals surface area contributed by atoms with Gasteiger partial charge < -0.3 is 15.2 Å². The first-order valence-electron chi connectivity index (χ1n) is 8.13. The maximum atomic E-state index is 12.0. The quantitative estimate of drug-likeness (QED) is 0.792. The highest BCUT2D eigenvalue weighted by molar-refractivity contribution is 5.85. The number of nitrogens with two attached hydrogens (primary N) is 1. The van der Waals surface area contributed by atoms with E-state index in [1.165, 1.54) is 0 Å². The van der Waals surface area contributed by atoms with E-state index in [2.05, 4.69) is 5.16 Å². The third-order valence-corrected chi connectivity index (χ3v) is 3.84. The van der Waals surface area contributed by atoms with Crippen LogP contribution in [0.3, 0.4) is 0 Å². The Balaban J connectivity index is 0.00000288. The fourth-order valence-electron chi connectivity index (χ4n) is 2.49. The van der Waals surface area contributed by atoms with Crippen molar-refractivity contribution in [1.29, 1.82) is 0 Å². The van der Waals surface area contributed by atoms with Crippen molar-refractivity contribution in [2.45, 2.75) is 38.6 Å². The number of rotatable bonds is 8. The second-order valence-electron chi connectivity index (χ2n) is 5.80. The van der Waals surface area contributed by atoms with Crippen molar-refractivity contribution in [3.63, 3.8) is 0 Å². The molecular formula is C18H26ClN3O2. The summed E-state index contributed by atoms with van der Waals surface area (Å²) in [5.41, 5.74) is 7.74. The maximum absolute atomic E-state index is 12.0. The van der Waals surface area contributed by atoms with Gasteiger partial charge in [-0.3, -0.25) is 4.79 Å². The summed E-state index contributed by atoms with van der Waals surface area (Å²) >= 11 is 0. The average Bonchev–Trinajstić information content (AvgIpc) is 3.04. The predicted molar refractivity (Wildman–Crippen MR) is 98.0 cm³/mol. The third kappa shape index (κ3) is 5.65. The monoisotopic (exact) mass is 351 g/mol. The minimum absolute atomic E-state index is 0. The summed E-state index contributed by atoms with van der Waals surface area (Å²) in [6.45, 7) is 2.69. The van der Waals surface area contributed by atoms with Crippen LogP contribution in [0.5, 0.6) is 0 Å². The summed E-state index contributed by atoms with van der Waals surface area (Å²) in [4.78, 5) is 13.7. The molecule has 0 saturated carbocycles. The minimum Gasteiger partial charge on any atom is -0.361 e. The van der Waals surface area contributed by atoms with Crippen LogP contribution in [-0.4, -0.2) is 35.6 Å². The molecule has 1 unspecified atom stereocenters. The van der Waals surface area contributed by atoms with Gasteiger partial charge in [-0.2, -0.15) is 0 Å². The molecule has 0 spiro atoms.